The topological polar surface area (TPSA) is 101 Å². The lowest BCUT2D eigenvalue weighted by atomic mass is 10.0. The highest BCUT2D eigenvalue weighted by molar-refractivity contribution is 6.32. The van der Waals surface area contributed by atoms with Crippen LogP contribution in [0.25, 0.3) is 0 Å². The number of nitrogens with zero attached hydrogens (tertiary/aromatic N) is 2. The number of ether oxygens (including phenoxy) is 3. The normalized spacial score (nSPS) is 16.2. The van der Waals surface area contributed by atoms with E-state index in [1.165, 1.54) is 18.2 Å². The third-order valence-electron chi connectivity index (χ3n) is 6.45. The third kappa shape index (κ3) is 8.75. The van der Waals surface area contributed by atoms with Gasteiger partial charge in [0.05, 0.1) is 17.3 Å². The van der Waals surface area contributed by atoms with Gasteiger partial charge in [-0.1, -0.05) is 23.7 Å². The van der Waals surface area contributed by atoms with Crippen LogP contribution in [0.2, 0.25) is 5.02 Å². The summed E-state index contributed by atoms with van der Waals surface area (Å²) < 4.78 is 52.7. The van der Waals surface area contributed by atoms with Crippen molar-refractivity contribution in [3.63, 3.8) is 0 Å². The molecule has 0 unspecified atom stereocenters. The van der Waals surface area contributed by atoms with Crippen LogP contribution < -0.4 is 25.0 Å². The molecule has 9 nitrogen and oxygen atoms in total. The second kappa shape index (κ2) is 13.7. The average Bonchev–Trinajstić information content (AvgIpc) is 2.93. The first-order valence-electron chi connectivity index (χ1n) is 12.9. The van der Waals surface area contributed by atoms with E-state index in [1.54, 1.807) is 29.2 Å². The second-order valence-corrected chi connectivity index (χ2v) is 9.74. The van der Waals surface area contributed by atoms with Gasteiger partial charge in [-0.05, 0) is 61.7 Å². The number of hydrogen-bond donors (Lipinski definition) is 2. The van der Waals surface area contributed by atoms with E-state index in [0.717, 1.165) is 24.1 Å². The Kier molecular flexibility index (Phi) is 10.1. The van der Waals surface area contributed by atoms with Gasteiger partial charge in [-0.3, -0.25) is 9.59 Å². The summed E-state index contributed by atoms with van der Waals surface area (Å²) in [4.78, 5) is 25.7. The Morgan fingerprint density at radius 1 is 1.07 bits per heavy atom. The van der Waals surface area contributed by atoms with E-state index in [2.05, 4.69) is 20.6 Å². The minimum atomic E-state index is -4.78. The fraction of sp³-hybridized carbons (Fsp3) is 0.444. The molecule has 2 aromatic rings. The lowest BCUT2D eigenvalue weighted by Crippen LogP contribution is -2.46. The van der Waals surface area contributed by atoms with Crippen LogP contribution in [0, 0.1) is 0 Å². The molecule has 0 radical (unpaired) electrons. The van der Waals surface area contributed by atoms with Crippen LogP contribution in [0.4, 0.5) is 13.2 Å². The summed E-state index contributed by atoms with van der Waals surface area (Å²) in [5.41, 5.74) is 3.97. The van der Waals surface area contributed by atoms with Gasteiger partial charge < -0.3 is 24.4 Å². The van der Waals surface area contributed by atoms with Crippen molar-refractivity contribution in [1.29, 1.82) is 0 Å². The highest BCUT2D eigenvalue weighted by Gasteiger charge is 2.32. The Labute approximate surface area is 234 Å². The number of alkyl halides is 3. The summed E-state index contributed by atoms with van der Waals surface area (Å²) in [6.45, 7) is 1.88. The van der Waals surface area contributed by atoms with Crippen molar-refractivity contribution >= 4 is 29.1 Å². The van der Waals surface area contributed by atoms with Crippen molar-refractivity contribution in [2.45, 2.75) is 44.5 Å². The molecule has 1 fully saturated rings. The molecule has 0 aromatic heterocycles. The zero-order valence-electron chi connectivity index (χ0n) is 21.6. The van der Waals surface area contributed by atoms with Gasteiger partial charge in [0.2, 0.25) is 5.91 Å². The number of amides is 2. The second-order valence-electron chi connectivity index (χ2n) is 9.33. The van der Waals surface area contributed by atoms with Gasteiger partial charge in [0.15, 0.2) is 18.1 Å². The SMILES string of the molecule is O=C1CCC(c2ccc(OCC(=O)N3CCC(NCCCOc4ccccc4OC(F)(F)F)CC3)c(Cl)c2)=NN1. The number of carbonyl (C=O) groups is 2. The summed E-state index contributed by atoms with van der Waals surface area (Å²) in [5.74, 6) is -0.188. The summed E-state index contributed by atoms with van der Waals surface area (Å²) in [7, 11) is 0. The zero-order valence-corrected chi connectivity index (χ0v) is 22.4. The van der Waals surface area contributed by atoms with Crippen molar-refractivity contribution in [1.82, 2.24) is 15.6 Å². The number of carbonyl (C=O) groups excluding carboxylic acids is 2. The molecule has 0 saturated carbocycles. The van der Waals surface area contributed by atoms with E-state index in [-0.39, 0.29) is 42.6 Å². The van der Waals surface area contributed by atoms with Crippen LogP contribution in [-0.4, -0.2) is 67.7 Å². The molecule has 0 atom stereocenters. The molecule has 2 aliphatic rings. The van der Waals surface area contributed by atoms with E-state index >= 15 is 0 Å². The number of hydrogen-bond acceptors (Lipinski definition) is 7. The van der Waals surface area contributed by atoms with Crippen LogP contribution in [0.1, 0.15) is 37.7 Å². The maximum absolute atomic E-state index is 12.7. The first-order valence-corrected chi connectivity index (χ1v) is 13.3. The fourth-order valence-corrected chi connectivity index (χ4v) is 4.62. The van der Waals surface area contributed by atoms with Crippen LogP contribution >= 0.6 is 11.6 Å². The van der Waals surface area contributed by atoms with E-state index in [0.29, 0.717) is 49.7 Å². The average molecular weight is 583 g/mol. The molecule has 216 valence electrons. The smallest absolute Gasteiger partial charge is 0.490 e. The molecule has 4 rings (SSSR count). The first kappa shape index (κ1) is 29.5. The highest BCUT2D eigenvalue weighted by Crippen LogP contribution is 2.32. The number of halogens is 4. The van der Waals surface area contributed by atoms with Crippen molar-refractivity contribution in [3.8, 4) is 17.2 Å². The Balaban J connectivity index is 1.13. The third-order valence-corrected chi connectivity index (χ3v) is 6.75. The van der Waals surface area contributed by atoms with Gasteiger partial charge >= 0.3 is 6.36 Å². The first-order chi connectivity index (χ1) is 19.2. The molecule has 0 aliphatic carbocycles. The molecule has 2 N–H and O–H groups in total. The molecule has 2 amide bonds. The summed E-state index contributed by atoms with van der Waals surface area (Å²) in [6.07, 6.45) is -1.77. The van der Waals surface area contributed by atoms with Crippen LogP contribution in [0.15, 0.2) is 47.6 Å². The van der Waals surface area contributed by atoms with Crippen molar-refractivity contribution in [2.75, 3.05) is 32.8 Å². The van der Waals surface area contributed by atoms with E-state index < -0.39 is 6.36 Å². The summed E-state index contributed by atoms with van der Waals surface area (Å²) in [5, 5.41) is 7.82. The van der Waals surface area contributed by atoms with Crippen LogP contribution in [0.5, 0.6) is 17.2 Å². The Bertz CT molecular complexity index is 1220. The van der Waals surface area contributed by atoms with Crippen LogP contribution in [-0.2, 0) is 9.59 Å². The zero-order chi connectivity index (χ0) is 28.5. The highest BCUT2D eigenvalue weighted by atomic mass is 35.5. The lowest BCUT2D eigenvalue weighted by Gasteiger charge is -2.32. The summed E-state index contributed by atoms with van der Waals surface area (Å²) in [6, 6.07) is 11.1. The van der Waals surface area contributed by atoms with E-state index in [4.69, 9.17) is 21.1 Å². The molecule has 13 heteroatoms. The van der Waals surface area contributed by atoms with Crippen molar-refractivity contribution in [2.24, 2.45) is 5.10 Å². The molecule has 0 spiro atoms. The molecule has 2 aliphatic heterocycles. The maximum Gasteiger partial charge on any atom is 0.573 e. The molecule has 1 saturated heterocycles. The predicted molar refractivity (Wildman–Crippen MR) is 142 cm³/mol. The van der Waals surface area contributed by atoms with Gasteiger partial charge in [-0.15, -0.1) is 13.2 Å². The molecule has 2 heterocycles. The van der Waals surface area contributed by atoms with E-state index in [9.17, 15) is 22.8 Å². The number of para-hydroxylation sites is 2. The largest absolute Gasteiger partial charge is 0.573 e. The molecule has 2 aromatic carbocycles. The number of nitrogens with one attached hydrogen (secondary N) is 2. The van der Waals surface area contributed by atoms with Gasteiger partial charge in [0.25, 0.3) is 5.91 Å². The molecular weight excluding hydrogens is 553 g/mol. The minimum Gasteiger partial charge on any atom is -0.490 e. The Morgan fingerprint density at radius 2 is 1.82 bits per heavy atom. The Morgan fingerprint density at radius 3 is 2.50 bits per heavy atom. The Hall–Kier alpha value is -3.51. The number of hydrazone groups is 1. The van der Waals surface area contributed by atoms with Crippen molar-refractivity contribution < 1.29 is 37.0 Å². The quantitative estimate of drug-likeness (QED) is 0.384. The fourth-order valence-electron chi connectivity index (χ4n) is 4.38. The number of benzene rings is 2. The minimum absolute atomic E-state index is 0.0414. The predicted octanol–water partition coefficient (Wildman–Crippen LogP) is 4.28. The molecular formula is C27H30ClF3N4O5. The lowest BCUT2D eigenvalue weighted by molar-refractivity contribution is -0.275. The monoisotopic (exact) mass is 582 g/mol. The maximum atomic E-state index is 12.7. The van der Waals surface area contributed by atoms with Gasteiger partial charge in [0.1, 0.15) is 5.75 Å². The van der Waals surface area contributed by atoms with Gasteiger partial charge in [-0.2, -0.15) is 5.10 Å². The van der Waals surface area contributed by atoms with Gasteiger partial charge in [-0.25, -0.2) is 5.43 Å². The number of piperidine rings is 1. The summed E-state index contributed by atoms with van der Waals surface area (Å²) >= 11 is 6.34. The molecule has 0 bridgehead atoms. The van der Waals surface area contributed by atoms with Crippen LogP contribution in [0.3, 0.4) is 0 Å². The van der Waals surface area contributed by atoms with E-state index in [1.807, 2.05) is 0 Å². The van der Waals surface area contributed by atoms with Crippen molar-refractivity contribution in [3.05, 3.63) is 53.1 Å². The molecule has 40 heavy (non-hydrogen) atoms. The standard InChI is InChI=1S/C27H30ClF3N4O5/c28-20-16-18(21-7-9-25(36)34-33-21)6-8-22(20)39-17-26(37)35-13-10-19(11-14-35)32-12-3-15-38-23-4-1-2-5-24(23)40-27(29,30)31/h1-2,4-6,8,16,19,32H,3,7,9-15,17H2,(H,34,36). The van der Waals surface area contributed by atoms with Gasteiger partial charge in [0, 0.05) is 32.0 Å². The number of rotatable bonds is 11. The number of likely N-dealkylation sites (tertiary alicyclic amines) is 1.